The summed E-state index contributed by atoms with van der Waals surface area (Å²) in [4.78, 5) is 15.3. The Labute approximate surface area is 214 Å². The summed E-state index contributed by atoms with van der Waals surface area (Å²) in [6.45, 7) is 0.314. The maximum absolute atomic E-state index is 13.0. The minimum absolute atomic E-state index is 0.250. The second-order valence-electron chi connectivity index (χ2n) is 11.1. The monoisotopic (exact) mass is 513 g/mol. The van der Waals surface area contributed by atoms with E-state index in [1.54, 1.807) is 0 Å². The van der Waals surface area contributed by atoms with Gasteiger partial charge < -0.3 is 4.90 Å². The number of para-hydroxylation sites is 1. The van der Waals surface area contributed by atoms with E-state index in [0.717, 1.165) is 33.9 Å². The van der Waals surface area contributed by atoms with E-state index in [2.05, 4.69) is 57.7 Å². The number of carbonyl (C=O) groups excluding carboxylic acids is 1. The summed E-state index contributed by atoms with van der Waals surface area (Å²) >= 11 is 0. The molecule has 1 aromatic carbocycles. The first kappa shape index (κ1) is 23.8. The van der Waals surface area contributed by atoms with Crippen LogP contribution in [-0.2, 0) is 16.6 Å². The van der Waals surface area contributed by atoms with Crippen molar-refractivity contribution in [3.05, 3.63) is 54.0 Å². The first-order valence-electron chi connectivity index (χ1n) is 13.2. The maximum atomic E-state index is 13.0. The quantitative estimate of drug-likeness (QED) is 0.480. The van der Waals surface area contributed by atoms with Crippen LogP contribution >= 0.6 is 0 Å². The van der Waals surface area contributed by atoms with Crippen molar-refractivity contribution in [3.63, 3.8) is 0 Å². The minimum Gasteiger partial charge on any atom is -0.329 e. The molecule has 2 fully saturated rings. The fourth-order valence-corrected chi connectivity index (χ4v) is 7.86. The molecule has 194 valence electrons. The molecule has 4 unspecified atom stereocenters. The average molecular weight is 514 g/mol. The lowest BCUT2D eigenvalue weighted by Gasteiger charge is -2.47. The Morgan fingerprint density at radius 1 is 1.11 bits per heavy atom. The number of nitrogens with zero attached hydrogens (tertiary/aromatic N) is 4. The zero-order chi connectivity index (χ0) is 25.1. The zero-order valence-electron chi connectivity index (χ0n) is 21.1. The highest BCUT2D eigenvalue weighted by molar-refractivity contribution is 7.87. The highest BCUT2D eigenvalue weighted by Crippen LogP contribution is 2.52. The largest absolute Gasteiger partial charge is 0.352 e. The summed E-state index contributed by atoms with van der Waals surface area (Å²) in [7, 11) is -1.07. The average Bonchev–Trinajstić information content (AvgIpc) is 3.42. The molecule has 2 aliphatic carbocycles. The number of nitrogens with one attached hydrogen (secondary N) is 2. The fraction of sp³-hybridized carbons (Fsp3) is 0.577. The van der Waals surface area contributed by atoms with Crippen LogP contribution in [0.3, 0.4) is 0 Å². The molecule has 0 bridgehead atoms. The first-order valence-corrected chi connectivity index (χ1v) is 14.6. The number of hydrazine groups is 1. The lowest BCUT2D eigenvalue weighted by molar-refractivity contribution is 0.0946. The van der Waals surface area contributed by atoms with Gasteiger partial charge in [0.25, 0.3) is 0 Å². The van der Waals surface area contributed by atoms with Crippen LogP contribution in [0, 0.1) is 5.92 Å². The van der Waals surface area contributed by atoms with Crippen molar-refractivity contribution in [2.75, 3.05) is 20.8 Å². The topological polar surface area (TPSA) is 85.0 Å². The first-order chi connectivity index (χ1) is 17.3. The van der Waals surface area contributed by atoms with Crippen molar-refractivity contribution in [3.8, 4) is 0 Å². The SMILES string of the molecule is CN(C)S(=O)(=O)NC(=O)N1CN2C(=C[N+]3(C4CCCCC4)c4ccccc4CC3C3CC=CCC32)N1. The van der Waals surface area contributed by atoms with Crippen LogP contribution in [0.5, 0.6) is 0 Å². The smallest absolute Gasteiger partial charge is 0.329 e. The number of allylic oxidation sites excluding steroid dienone is 1. The molecule has 5 aliphatic rings. The molecule has 0 spiro atoms. The molecule has 1 aromatic rings. The predicted molar refractivity (Wildman–Crippen MR) is 139 cm³/mol. The van der Waals surface area contributed by atoms with Gasteiger partial charge in [0.15, 0.2) is 5.82 Å². The standard InChI is InChI=1S/C26H36N6O3S/c1-29(2)36(34,35)28-26(33)31-18-30-22-14-8-7-13-21(22)24-16-19-10-6-9-15-23(19)32(24,17-25(30)27-31)20-11-4-3-5-12-20/h6-10,15,17,20-22,24,27H,3-5,11-14,16,18H2,1-2H3/p+1. The fourth-order valence-electron chi connectivity index (χ4n) is 7.35. The molecule has 9 nitrogen and oxygen atoms in total. The van der Waals surface area contributed by atoms with Gasteiger partial charge in [-0.25, -0.2) is 14.5 Å². The van der Waals surface area contributed by atoms with Crippen molar-refractivity contribution in [1.29, 1.82) is 0 Å². The van der Waals surface area contributed by atoms with Crippen LogP contribution in [0.15, 0.2) is 48.4 Å². The minimum atomic E-state index is -3.88. The van der Waals surface area contributed by atoms with E-state index in [-0.39, 0.29) is 6.04 Å². The molecule has 36 heavy (non-hydrogen) atoms. The summed E-state index contributed by atoms with van der Waals surface area (Å²) in [5.74, 6) is 1.36. The highest BCUT2D eigenvalue weighted by atomic mass is 32.2. The number of hydrogen-bond donors (Lipinski definition) is 2. The van der Waals surface area contributed by atoms with Gasteiger partial charge in [-0.3, -0.25) is 9.91 Å². The number of carbonyl (C=O) groups is 1. The molecule has 1 saturated heterocycles. The third-order valence-corrected chi connectivity index (χ3v) is 10.4. The lowest BCUT2D eigenvalue weighted by Crippen LogP contribution is -2.61. The van der Waals surface area contributed by atoms with E-state index in [1.165, 1.54) is 62.5 Å². The second-order valence-corrected chi connectivity index (χ2v) is 12.9. The van der Waals surface area contributed by atoms with Gasteiger partial charge in [0.05, 0.1) is 6.04 Å². The van der Waals surface area contributed by atoms with Crippen molar-refractivity contribution < 1.29 is 13.2 Å². The van der Waals surface area contributed by atoms with Crippen molar-refractivity contribution in [2.24, 2.45) is 5.92 Å². The normalized spacial score (nSPS) is 31.6. The molecule has 3 aliphatic heterocycles. The van der Waals surface area contributed by atoms with Crippen LogP contribution in [0.4, 0.5) is 10.5 Å². The molecule has 6 rings (SSSR count). The summed E-state index contributed by atoms with van der Waals surface area (Å²) < 4.78 is 28.7. The van der Waals surface area contributed by atoms with E-state index < -0.39 is 16.2 Å². The molecule has 4 atom stereocenters. The van der Waals surface area contributed by atoms with Crippen LogP contribution < -0.4 is 14.6 Å². The molecule has 1 saturated carbocycles. The molecule has 2 amide bonds. The number of rotatable bonds is 3. The van der Waals surface area contributed by atoms with Gasteiger partial charge in [0.2, 0.25) is 0 Å². The second kappa shape index (κ2) is 8.78. The summed E-state index contributed by atoms with van der Waals surface area (Å²) in [6, 6.07) is 9.48. The van der Waals surface area contributed by atoms with E-state index >= 15 is 0 Å². The summed E-state index contributed by atoms with van der Waals surface area (Å²) in [5.41, 5.74) is 6.16. The van der Waals surface area contributed by atoms with Crippen molar-refractivity contribution >= 4 is 21.9 Å². The molecule has 0 aromatic heterocycles. The van der Waals surface area contributed by atoms with Gasteiger partial charge in [0, 0.05) is 50.9 Å². The van der Waals surface area contributed by atoms with Crippen molar-refractivity contribution in [2.45, 2.75) is 69.5 Å². The Bertz CT molecular complexity index is 1210. The molecule has 10 heteroatoms. The Morgan fingerprint density at radius 3 is 2.64 bits per heavy atom. The Hall–Kier alpha value is -2.56. The zero-order valence-corrected chi connectivity index (χ0v) is 22.0. The molecular formula is C26H37N6O3S+. The highest BCUT2D eigenvalue weighted by Gasteiger charge is 2.59. The molecule has 3 heterocycles. The van der Waals surface area contributed by atoms with Crippen LogP contribution in [0.1, 0.15) is 50.5 Å². The van der Waals surface area contributed by atoms with Crippen LogP contribution in [0.25, 0.3) is 0 Å². The molecular weight excluding hydrogens is 476 g/mol. The Balaban J connectivity index is 1.44. The van der Waals surface area contributed by atoms with E-state index in [1.807, 2.05) is 0 Å². The summed E-state index contributed by atoms with van der Waals surface area (Å²) in [5, 5.41) is 1.40. The van der Waals surface area contributed by atoms with E-state index in [4.69, 9.17) is 0 Å². The van der Waals surface area contributed by atoms with E-state index in [0.29, 0.717) is 24.7 Å². The van der Waals surface area contributed by atoms with Gasteiger partial charge in [-0.1, -0.05) is 36.8 Å². The predicted octanol–water partition coefficient (Wildman–Crippen LogP) is 2.99. The van der Waals surface area contributed by atoms with Gasteiger partial charge in [-0.15, -0.1) is 0 Å². The van der Waals surface area contributed by atoms with Crippen molar-refractivity contribution in [1.82, 2.24) is 28.8 Å². The lowest BCUT2D eigenvalue weighted by atomic mass is 9.79. The number of benzene rings is 1. The number of urea groups is 1. The number of quaternary nitrogens is 1. The van der Waals surface area contributed by atoms with Crippen LogP contribution in [-0.4, -0.2) is 67.6 Å². The van der Waals surface area contributed by atoms with Gasteiger partial charge in [0.1, 0.15) is 24.6 Å². The third-order valence-electron chi connectivity index (χ3n) is 9.04. The van der Waals surface area contributed by atoms with Gasteiger partial charge >= 0.3 is 16.2 Å². The number of hydrogen-bond acceptors (Lipinski definition) is 5. The maximum Gasteiger partial charge on any atom is 0.352 e. The Morgan fingerprint density at radius 2 is 1.86 bits per heavy atom. The molecule has 0 radical (unpaired) electrons. The summed E-state index contributed by atoms with van der Waals surface area (Å²) in [6.07, 6.45) is 16.2. The van der Waals surface area contributed by atoms with E-state index in [9.17, 15) is 13.2 Å². The third kappa shape index (κ3) is 3.64. The van der Waals surface area contributed by atoms with Crippen LogP contribution in [0.2, 0.25) is 0 Å². The Kier molecular flexibility index (Phi) is 5.81. The van der Waals surface area contributed by atoms with Gasteiger partial charge in [-0.2, -0.15) is 12.7 Å². The number of amides is 2. The number of fused-ring (bicyclic) bond motifs is 7. The molecule has 2 N–H and O–H groups in total. The van der Waals surface area contributed by atoms with Gasteiger partial charge in [-0.05, 0) is 31.7 Å².